The molecule has 2 heterocycles. The lowest BCUT2D eigenvalue weighted by molar-refractivity contribution is -0.109. The van der Waals surface area contributed by atoms with Gasteiger partial charge in [0.05, 0.1) is 6.04 Å². The quantitative estimate of drug-likeness (QED) is 0.730. The zero-order chi connectivity index (χ0) is 20.2. The first-order valence-electron chi connectivity index (χ1n) is 10.7. The molecule has 1 fully saturated rings. The van der Waals surface area contributed by atoms with Gasteiger partial charge in [-0.1, -0.05) is 24.3 Å². The summed E-state index contributed by atoms with van der Waals surface area (Å²) in [7, 11) is 1.83. The molecule has 2 aromatic rings. The van der Waals surface area contributed by atoms with E-state index in [4.69, 9.17) is 0 Å². The van der Waals surface area contributed by atoms with Crippen molar-refractivity contribution in [3.63, 3.8) is 0 Å². The molecule has 29 heavy (non-hydrogen) atoms. The van der Waals surface area contributed by atoms with Gasteiger partial charge in [0.15, 0.2) is 0 Å². The van der Waals surface area contributed by atoms with Crippen molar-refractivity contribution in [2.24, 2.45) is 0 Å². The second kappa shape index (κ2) is 9.06. The summed E-state index contributed by atoms with van der Waals surface area (Å²) >= 11 is 0. The van der Waals surface area contributed by atoms with Crippen molar-refractivity contribution in [1.82, 2.24) is 10.2 Å². The smallest absolute Gasteiger partial charge is 0.141 e. The Morgan fingerprint density at radius 2 is 1.90 bits per heavy atom. The van der Waals surface area contributed by atoms with Gasteiger partial charge in [-0.15, -0.1) is 0 Å². The fourth-order valence-corrected chi connectivity index (χ4v) is 4.70. The molecule has 4 nitrogen and oxygen atoms in total. The Hall–Kier alpha value is -2.24. The fourth-order valence-electron chi connectivity index (χ4n) is 4.70. The molecule has 0 bridgehead atoms. The van der Waals surface area contributed by atoms with Crippen LogP contribution in [-0.2, 0) is 17.6 Å². The minimum absolute atomic E-state index is 0.169. The molecule has 2 aromatic carbocycles. The summed E-state index contributed by atoms with van der Waals surface area (Å²) in [5, 5.41) is 3.08. The van der Waals surface area contributed by atoms with E-state index >= 15 is 0 Å². The number of carbonyl (C=O) groups excluding carboxylic acids is 1. The predicted octanol–water partition coefficient (Wildman–Crippen LogP) is 3.35. The van der Waals surface area contributed by atoms with Crippen molar-refractivity contribution >= 4 is 12.0 Å². The Kier molecular flexibility index (Phi) is 6.26. The van der Waals surface area contributed by atoms with E-state index in [1.165, 1.54) is 16.8 Å². The number of nitrogens with one attached hydrogen (secondary N) is 1. The van der Waals surface area contributed by atoms with E-state index in [1.807, 2.05) is 19.2 Å². The van der Waals surface area contributed by atoms with Crippen molar-refractivity contribution in [1.29, 1.82) is 0 Å². The van der Waals surface area contributed by atoms with Crippen LogP contribution in [0.2, 0.25) is 0 Å². The second-order valence-corrected chi connectivity index (χ2v) is 8.18. The molecule has 0 saturated carbocycles. The van der Waals surface area contributed by atoms with Gasteiger partial charge in [0, 0.05) is 37.9 Å². The molecule has 1 N–H and O–H groups in total. The van der Waals surface area contributed by atoms with Gasteiger partial charge in [0.2, 0.25) is 0 Å². The van der Waals surface area contributed by atoms with Gasteiger partial charge >= 0.3 is 0 Å². The predicted molar refractivity (Wildman–Crippen MR) is 115 cm³/mol. The van der Waals surface area contributed by atoms with E-state index in [0.717, 1.165) is 63.7 Å². The highest BCUT2D eigenvalue weighted by atomic mass is 19.1. The van der Waals surface area contributed by atoms with Gasteiger partial charge in [0.1, 0.15) is 12.1 Å². The standard InChI is InChI=1S/C24H30FN3O/c1-26-23(17-29)20-5-4-19-9-15-28(24(19)16-20)22-10-13-27(14-11-22)12-8-18-2-6-21(25)7-3-18/h2-7,16-17,22-23,26H,8-15H2,1H3. The maximum atomic E-state index is 13.1. The third-order valence-corrected chi connectivity index (χ3v) is 6.47. The number of anilines is 1. The summed E-state index contributed by atoms with van der Waals surface area (Å²) in [4.78, 5) is 16.4. The number of carbonyl (C=O) groups is 1. The molecule has 0 amide bonds. The zero-order valence-electron chi connectivity index (χ0n) is 17.1. The normalized spacial score (nSPS) is 18.6. The van der Waals surface area contributed by atoms with Gasteiger partial charge in [-0.25, -0.2) is 4.39 Å². The summed E-state index contributed by atoms with van der Waals surface area (Å²) in [5.74, 6) is -0.169. The van der Waals surface area contributed by atoms with Crippen LogP contribution in [0.5, 0.6) is 0 Å². The van der Waals surface area contributed by atoms with Crippen LogP contribution in [0.25, 0.3) is 0 Å². The number of halogens is 1. The Labute approximate surface area is 172 Å². The van der Waals surface area contributed by atoms with Crippen LogP contribution in [0, 0.1) is 5.82 Å². The van der Waals surface area contributed by atoms with E-state index in [0.29, 0.717) is 6.04 Å². The Morgan fingerprint density at radius 3 is 2.59 bits per heavy atom. The maximum Gasteiger partial charge on any atom is 0.141 e. The van der Waals surface area contributed by atoms with E-state index in [2.05, 4.69) is 33.3 Å². The SMILES string of the molecule is CNC(C=O)c1ccc2c(c1)N(C1CCN(CCc3ccc(F)cc3)CC1)CC2. The van der Waals surface area contributed by atoms with Gasteiger partial charge in [-0.05, 0) is 67.6 Å². The molecule has 0 spiro atoms. The van der Waals surface area contributed by atoms with E-state index in [9.17, 15) is 9.18 Å². The van der Waals surface area contributed by atoms with E-state index < -0.39 is 0 Å². The number of rotatable bonds is 7. The van der Waals surface area contributed by atoms with Crippen molar-refractivity contribution in [3.8, 4) is 0 Å². The molecular formula is C24H30FN3O. The molecule has 0 aromatic heterocycles. The first-order chi connectivity index (χ1) is 14.2. The molecule has 0 aliphatic carbocycles. The third-order valence-electron chi connectivity index (χ3n) is 6.47. The van der Waals surface area contributed by atoms with Crippen LogP contribution in [0.1, 0.15) is 35.6 Å². The number of hydrogen-bond acceptors (Lipinski definition) is 4. The van der Waals surface area contributed by atoms with Crippen molar-refractivity contribution in [2.75, 3.05) is 38.1 Å². The highest BCUT2D eigenvalue weighted by Gasteiger charge is 2.29. The monoisotopic (exact) mass is 395 g/mol. The number of piperidine rings is 1. The topological polar surface area (TPSA) is 35.6 Å². The molecule has 5 heteroatoms. The lowest BCUT2D eigenvalue weighted by Crippen LogP contribution is -2.45. The van der Waals surface area contributed by atoms with Crippen LogP contribution >= 0.6 is 0 Å². The second-order valence-electron chi connectivity index (χ2n) is 8.18. The number of likely N-dealkylation sites (N-methyl/N-ethyl adjacent to an activating group) is 1. The molecule has 0 radical (unpaired) electrons. The Balaban J connectivity index is 1.34. The average molecular weight is 396 g/mol. The molecule has 154 valence electrons. The third kappa shape index (κ3) is 4.51. The van der Waals surface area contributed by atoms with Gasteiger partial charge in [0.25, 0.3) is 0 Å². The largest absolute Gasteiger partial charge is 0.368 e. The Morgan fingerprint density at radius 1 is 1.14 bits per heavy atom. The summed E-state index contributed by atoms with van der Waals surface area (Å²) in [6.07, 6.45) is 5.36. The van der Waals surface area contributed by atoms with Gasteiger partial charge in [-0.2, -0.15) is 0 Å². The number of hydrogen-bond donors (Lipinski definition) is 1. The molecule has 2 aliphatic heterocycles. The first kappa shape index (κ1) is 20.0. The summed E-state index contributed by atoms with van der Waals surface area (Å²) in [6.45, 7) is 4.31. The van der Waals surface area contributed by atoms with Crippen molar-refractivity contribution < 1.29 is 9.18 Å². The molecule has 1 atom stereocenters. The summed E-state index contributed by atoms with van der Waals surface area (Å²) in [5.41, 5.74) is 4.95. The fraction of sp³-hybridized carbons (Fsp3) is 0.458. The highest BCUT2D eigenvalue weighted by molar-refractivity contribution is 5.66. The summed E-state index contributed by atoms with van der Waals surface area (Å²) < 4.78 is 13.1. The number of fused-ring (bicyclic) bond motifs is 1. The van der Waals surface area contributed by atoms with Crippen LogP contribution in [0.15, 0.2) is 42.5 Å². The lowest BCUT2D eigenvalue weighted by atomic mass is 10.0. The zero-order valence-corrected chi connectivity index (χ0v) is 17.1. The number of nitrogens with zero attached hydrogens (tertiary/aromatic N) is 2. The number of aldehydes is 1. The highest BCUT2D eigenvalue weighted by Crippen LogP contribution is 2.34. The van der Waals surface area contributed by atoms with Crippen LogP contribution in [0.4, 0.5) is 10.1 Å². The van der Waals surface area contributed by atoms with Crippen LogP contribution < -0.4 is 10.2 Å². The number of benzene rings is 2. The molecule has 4 rings (SSSR count). The Bertz CT molecular complexity index is 831. The average Bonchev–Trinajstić information content (AvgIpc) is 3.18. The molecular weight excluding hydrogens is 365 g/mol. The minimum Gasteiger partial charge on any atom is -0.368 e. The molecule has 1 unspecified atom stereocenters. The lowest BCUT2D eigenvalue weighted by Gasteiger charge is -2.38. The molecule has 1 saturated heterocycles. The maximum absolute atomic E-state index is 13.1. The van der Waals surface area contributed by atoms with Gasteiger partial charge in [-0.3, -0.25) is 0 Å². The van der Waals surface area contributed by atoms with Crippen LogP contribution in [0.3, 0.4) is 0 Å². The van der Waals surface area contributed by atoms with Crippen molar-refractivity contribution in [3.05, 3.63) is 65.0 Å². The number of likely N-dealkylation sites (tertiary alicyclic amines) is 1. The van der Waals surface area contributed by atoms with Gasteiger partial charge < -0.3 is 19.9 Å². The van der Waals surface area contributed by atoms with Crippen molar-refractivity contribution in [2.45, 2.75) is 37.8 Å². The minimum atomic E-state index is -0.240. The van der Waals surface area contributed by atoms with E-state index in [-0.39, 0.29) is 11.9 Å². The van der Waals surface area contributed by atoms with Crippen LogP contribution in [-0.4, -0.2) is 50.5 Å². The first-order valence-corrected chi connectivity index (χ1v) is 10.7. The van der Waals surface area contributed by atoms with E-state index in [1.54, 1.807) is 12.1 Å². The summed E-state index contributed by atoms with van der Waals surface area (Å²) in [6, 6.07) is 13.7. The molecule has 2 aliphatic rings.